The number of anilines is 2. The average Bonchev–Trinajstić information content (AvgIpc) is 2.52. The van der Waals surface area contributed by atoms with Crippen LogP contribution in [0.1, 0.15) is 0 Å². The van der Waals surface area contributed by atoms with E-state index in [1.54, 1.807) is 12.1 Å². The SMILES string of the molecule is N#C/C(=C/Nc1ccc(I)cc1)C(=O)Nc1ccc(O)cc1. The number of hydrogen-bond acceptors (Lipinski definition) is 4. The quantitative estimate of drug-likeness (QED) is 0.315. The number of benzene rings is 2. The number of carbonyl (C=O) groups is 1. The van der Waals surface area contributed by atoms with Crippen LogP contribution in [0.15, 0.2) is 60.3 Å². The van der Waals surface area contributed by atoms with Crippen molar-refractivity contribution in [2.75, 3.05) is 10.6 Å². The standard InChI is InChI=1S/C16H12IN3O2/c17-12-1-3-13(4-2-12)19-10-11(9-18)16(22)20-14-5-7-15(21)8-6-14/h1-8,10,19,21H,(H,20,22)/b11-10-. The topological polar surface area (TPSA) is 85.2 Å². The van der Waals surface area contributed by atoms with Gasteiger partial charge in [0, 0.05) is 21.1 Å². The molecule has 0 spiro atoms. The second-order valence-corrected chi connectivity index (χ2v) is 5.57. The molecule has 3 N–H and O–H groups in total. The minimum atomic E-state index is -0.522. The van der Waals surface area contributed by atoms with E-state index in [1.165, 1.54) is 18.3 Å². The van der Waals surface area contributed by atoms with Crippen molar-refractivity contribution in [1.82, 2.24) is 0 Å². The molecule has 110 valence electrons. The number of rotatable bonds is 4. The summed E-state index contributed by atoms with van der Waals surface area (Å²) in [5, 5.41) is 23.8. The number of phenols is 1. The molecule has 2 rings (SSSR count). The summed E-state index contributed by atoms with van der Waals surface area (Å²) in [6.07, 6.45) is 1.36. The van der Waals surface area contributed by atoms with E-state index < -0.39 is 5.91 Å². The van der Waals surface area contributed by atoms with Gasteiger partial charge in [-0.3, -0.25) is 4.79 Å². The van der Waals surface area contributed by atoms with E-state index in [-0.39, 0.29) is 11.3 Å². The minimum absolute atomic E-state index is 0.0494. The fourth-order valence-corrected chi connectivity index (χ4v) is 1.95. The van der Waals surface area contributed by atoms with E-state index in [2.05, 4.69) is 33.2 Å². The maximum absolute atomic E-state index is 12.0. The summed E-state index contributed by atoms with van der Waals surface area (Å²) in [7, 11) is 0. The van der Waals surface area contributed by atoms with Crippen LogP contribution in [0.3, 0.4) is 0 Å². The summed E-state index contributed by atoms with van der Waals surface area (Å²) in [5.74, 6) is -0.416. The molecule has 0 heterocycles. The molecule has 0 bridgehead atoms. The Morgan fingerprint density at radius 2 is 1.68 bits per heavy atom. The summed E-state index contributed by atoms with van der Waals surface area (Å²) in [4.78, 5) is 12.0. The van der Waals surface area contributed by atoms with Gasteiger partial charge in [0.15, 0.2) is 0 Å². The summed E-state index contributed by atoms with van der Waals surface area (Å²) >= 11 is 2.19. The normalized spacial score (nSPS) is 10.6. The summed E-state index contributed by atoms with van der Waals surface area (Å²) in [5.41, 5.74) is 1.23. The lowest BCUT2D eigenvalue weighted by Gasteiger charge is -2.05. The van der Waals surface area contributed by atoms with Gasteiger partial charge in [0.1, 0.15) is 17.4 Å². The molecule has 0 aliphatic rings. The fourth-order valence-electron chi connectivity index (χ4n) is 1.59. The molecule has 22 heavy (non-hydrogen) atoms. The van der Waals surface area contributed by atoms with Crippen molar-refractivity contribution < 1.29 is 9.90 Å². The van der Waals surface area contributed by atoms with Gasteiger partial charge in [0.25, 0.3) is 5.91 Å². The smallest absolute Gasteiger partial charge is 0.267 e. The van der Waals surface area contributed by atoms with E-state index in [0.717, 1.165) is 9.26 Å². The van der Waals surface area contributed by atoms with E-state index >= 15 is 0 Å². The molecule has 0 saturated carbocycles. The molecule has 1 amide bonds. The maximum atomic E-state index is 12.0. The molecule has 5 nitrogen and oxygen atoms in total. The fraction of sp³-hybridized carbons (Fsp3) is 0. The molecule has 2 aromatic rings. The number of nitriles is 1. The summed E-state index contributed by atoms with van der Waals surface area (Å²) in [6, 6.07) is 15.4. The first-order chi connectivity index (χ1) is 10.6. The van der Waals surface area contributed by atoms with Crippen LogP contribution in [0.4, 0.5) is 11.4 Å². The van der Waals surface area contributed by atoms with Crippen LogP contribution in [0.25, 0.3) is 0 Å². The van der Waals surface area contributed by atoms with Crippen LogP contribution in [0, 0.1) is 14.9 Å². The van der Waals surface area contributed by atoms with Gasteiger partial charge < -0.3 is 15.7 Å². The molecule has 0 aliphatic carbocycles. The highest BCUT2D eigenvalue weighted by molar-refractivity contribution is 14.1. The first-order valence-electron chi connectivity index (χ1n) is 6.31. The molecule has 0 unspecified atom stereocenters. The Hall–Kier alpha value is -2.53. The molecule has 0 atom stereocenters. The van der Waals surface area contributed by atoms with Crippen molar-refractivity contribution >= 4 is 39.9 Å². The maximum Gasteiger partial charge on any atom is 0.267 e. The molecule has 2 aromatic carbocycles. The Morgan fingerprint density at radius 1 is 1.09 bits per heavy atom. The zero-order valence-electron chi connectivity index (χ0n) is 11.4. The number of phenolic OH excluding ortho intramolecular Hbond substituents is 1. The van der Waals surface area contributed by atoms with Crippen LogP contribution in [0.5, 0.6) is 5.75 Å². The number of aromatic hydroxyl groups is 1. The van der Waals surface area contributed by atoms with Crippen molar-refractivity contribution in [2.45, 2.75) is 0 Å². The number of nitrogens with one attached hydrogen (secondary N) is 2. The molecular weight excluding hydrogens is 393 g/mol. The molecule has 0 saturated heterocycles. The van der Waals surface area contributed by atoms with E-state index in [0.29, 0.717) is 5.69 Å². The van der Waals surface area contributed by atoms with Gasteiger partial charge in [0.05, 0.1) is 0 Å². The van der Waals surface area contributed by atoms with Gasteiger partial charge in [-0.25, -0.2) is 0 Å². The molecule has 0 radical (unpaired) electrons. The largest absolute Gasteiger partial charge is 0.508 e. The van der Waals surface area contributed by atoms with Crippen molar-refractivity contribution in [2.24, 2.45) is 0 Å². The second kappa shape index (κ2) is 7.47. The zero-order chi connectivity index (χ0) is 15.9. The van der Waals surface area contributed by atoms with Gasteiger partial charge >= 0.3 is 0 Å². The number of carbonyl (C=O) groups excluding carboxylic acids is 1. The van der Waals surface area contributed by atoms with E-state index in [1.807, 2.05) is 30.3 Å². The lowest BCUT2D eigenvalue weighted by Crippen LogP contribution is -2.14. The number of amides is 1. The van der Waals surface area contributed by atoms with Crippen LogP contribution in [0.2, 0.25) is 0 Å². The predicted molar refractivity (Wildman–Crippen MR) is 93.2 cm³/mol. The Balaban J connectivity index is 2.05. The van der Waals surface area contributed by atoms with Crippen LogP contribution in [-0.4, -0.2) is 11.0 Å². The van der Waals surface area contributed by atoms with Crippen molar-refractivity contribution in [3.8, 4) is 11.8 Å². The van der Waals surface area contributed by atoms with Gasteiger partial charge in [-0.05, 0) is 71.1 Å². The highest BCUT2D eigenvalue weighted by Gasteiger charge is 2.09. The Bertz CT molecular complexity index is 731. The van der Waals surface area contributed by atoms with E-state index in [4.69, 9.17) is 5.26 Å². The molecule has 0 fully saturated rings. The third-order valence-corrected chi connectivity index (χ3v) is 3.44. The summed E-state index contributed by atoms with van der Waals surface area (Å²) in [6.45, 7) is 0. The Labute approximate surface area is 141 Å². The van der Waals surface area contributed by atoms with Crippen molar-refractivity contribution in [1.29, 1.82) is 5.26 Å². The van der Waals surface area contributed by atoms with Gasteiger partial charge in [-0.2, -0.15) is 5.26 Å². The van der Waals surface area contributed by atoms with Gasteiger partial charge in [0.2, 0.25) is 0 Å². The first-order valence-corrected chi connectivity index (χ1v) is 7.39. The third-order valence-electron chi connectivity index (χ3n) is 2.72. The average molecular weight is 405 g/mol. The Kier molecular flexibility index (Phi) is 5.38. The van der Waals surface area contributed by atoms with Gasteiger partial charge in [-0.1, -0.05) is 0 Å². The Morgan fingerprint density at radius 3 is 2.27 bits per heavy atom. The van der Waals surface area contributed by atoms with Gasteiger partial charge in [-0.15, -0.1) is 0 Å². The van der Waals surface area contributed by atoms with Crippen LogP contribution < -0.4 is 10.6 Å². The number of halogens is 1. The number of hydrogen-bond donors (Lipinski definition) is 3. The molecule has 0 aromatic heterocycles. The van der Waals surface area contributed by atoms with Crippen molar-refractivity contribution in [3.05, 3.63) is 63.9 Å². The highest BCUT2D eigenvalue weighted by Crippen LogP contribution is 2.15. The highest BCUT2D eigenvalue weighted by atomic mass is 127. The first kappa shape index (κ1) is 15.9. The zero-order valence-corrected chi connectivity index (χ0v) is 13.5. The third kappa shape index (κ3) is 4.49. The molecule has 6 heteroatoms. The van der Waals surface area contributed by atoms with Crippen LogP contribution in [-0.2, 0) is 4.79 Å². The second-order valence-electron chi connectivity index (χ2n) is 4.32. The summed E-state index contributed by atoms with van der Waals surface area (Å²) < 4.78 is 1.10. The number of nitrogens with zero attached hydrogens (tertiary/aromatic N) is 1. The minimum Gasteiger partial charge on any atom is -0.508 e. The monoisotopic (exact) mass is 405 g/mol. The molecular formula is C16H12IN3O2. The lowest BCUT2D eigenvalue weighted by molar-refractivity contribution is -0.112. The van der Waals surface area contributed by atoms with E-state index in [9.17, 15) is 9.90 Å². The molecule has 0 aliphatic heterocycles. The van der Waals surface area contributed by atoms with Crippen molar-refractivity contribution in [3.63, 3.8) is 0 Å². The lowest BCUT2D eigenvalue weighted by atomic mass is 10.2. The predicted octanol–water partition coefficient (Wildman–Crippen LogP) is 3.45. The van der Waals surface area contributed by atoms with Crippen LogP contribution >= 0.6 is 22.6 Å².